The fraction of sp³-hybridized carbons (Fsp3) is 1.00. The van der Waals surface area contributed by atoms with E-state index in [-0.39, 0.29) is 11.2 Å². The van der Waals surface area contributed by atoms with Gasteiger partial charge in [0.1, 0.15) is 0 Å². The number of nitrogens with one attached hydrogen (secondary N) is 1. The Morgan fingerprint density at radius 1 is 1.10 bits per heavy atom. The highest BCUT2D eigenvalue weighted by Crippen LogP contribution is 2.53. The molecule has 124 valence electrons. The van der Waals surface area contributed by atoms with Crippen LogP contribution < -0.4 is 5.32 Å². The standard InChI is InChI=1S/C19H37NO/c1-14(2)12-19(10-8-9-11-19)16(20-7)15-13-17(3,4)21-18(15,5)6/h14-16,20H,8-13H2,1-7H3. The number of hydrogen-bond acceptors (Lipinski definition) is 2. The molecule has 1 saturated heterocycles. The van der Waals surface area contributed by atoms with Crippen molar-refractivity contribution >= 4 is 0 Å². The fourth-order valence-corrected chi connectivity index (χ4v) is 5.59. The zero-order valence-corrected chi connectivity index (χ0v) is 15.4. The van der Waals surface area contributed by atoms with Crippen LogP contribution in [-0.2, 0) is 4.74 Å². The lowest BCUT2D eigenvalue weighted by Gasteiger charge is -2.45. The molecule has 1 N–H and O–H groups in total. The summed E-state index contributed by atoms with van der Waals surface area (Å²) in [6, 6.07) is 0.583. The van der Waals surface area contributed by atoms with Gasteiger partial charge in [0.05, 0.1) is 11.2 Å². The van der Waals surface area contributed by atoms with E-state index in [0.29, 0.717) is 17.4 Å². The molecule has 0 amide bonds. The van der Waals surface area contributed by atoms with Crippen molar-refractivity contribution in [2.24, 2.45) is 17.3 Å². The highest BCUT2D eigenvalue weighted by Gasteiger charge is 2.54. The third-order valence-corrected chi connectivity index (χ3v) is 5.93. The Morgan fingerprint density at radius 2 is 1.67 bits per heavy atom. The molecule has 0 aromatic heterocycles. The van der Waals surface area contributed by atoms with Gasteiger partial charge in [0, 0.05) is 12.0 Å². The zero-order chi connectivity index (χ0) is 15.9. The maximum Gasteiger partial charge on any atom is 0.0677 e. The van der Waals surface area contributed by atoms with Crippen LogP contribution in [0.5, 0.6) is 0 Å². The minimum absolute atomic E-state index is 0.0148. The first-order valence-electron chi connectivity index (χ1n) is 8.99. The molecule has 1 saturated carbocycles. The normalized spacial score (nSPS) is 31.7. The van der Waals surface area contributed by atoms with Gasteiger partial charge < -0.3 is 10.1 Å². The molecule has 0 radical (unpaired) electrons. The molecule has 2 unspecified atom stereocenters. The molecule has 2 atom stereocenters. The van der Waals surface area contributed by atoms with Crippen molar-refractivity contribution in [1.82, 2.24) is 5.32 Å². The van der Waals surface area contributed by atoms with Crippen molar-refractivity contribution < 1.29 is 4.74 Å². The molecule has 2 nitrogen and oxygen atoms in total. The third kappa shape index (κ3) is 3.47. The summed E-state index contributed by atoms with van der Waals surface area (Å²) in [5, 5.41) is 3.75. The highest BCUT2D eigenvalue weighted by atomic mass is 16.5. The Balaban J connectivity index is 2.29. The Bertz CT molecular complexity index is 353. The molecule has 1 aliphatic carbocycles. The summed E-state index contributed by atoms with van der Waals surface area (Å²) in [6.45, 7) is 13.9. The molecule has 0 bridgehead atoms. The molecule has 0 aromatic rings. The van der Waals surface area contributed by atoms with Gasteiger partial charge in [-0.3, -0.25) is 0 Å². The van der Waals surface area contributed by atoms with Gasteiger partial charge in [-0.15, -0.1) is 0 Å². The Kier molecular flexibility index (Phi) is 4.81. The lowest BCUT2D eigenvalue weighted by Crippen LogP contribution is -2.52. The maximum atomic E-state index is 6.40. The second-order valence-electron chi connectivity index (χ2n) is 9.21. The summed E-state index contributed by atoms with van der Waals surface area (Å²) in [5.41, 5.74) is 0.471. The monoisotopic (exact) mass is 295 g/mol. The summed E-state index contributed by atoms with van der Waals surface area (Å²) >= 11 is 0. The van der Waals surface area contributed by atoms with Gasteiger partial charge in [0.15, 0.2) is 0 Å². The Morgan fingerprint density at radius 3 is 2.05 bits per heavy atom. The summed E-state index contributed by atoms with van der Waals surface area (Å²) < 4.78 is 6.40. The van der Waals surface area contributed by atoms with Gasteiger partial charge >= 0.3 is 0 Å². The molecule has 2 aliphatic rings. The highest BCUT2D eigenvalue weighted by molar-refractivity contribution is 5.06. The molecule has 0 spiro atoms. The number of rotatable bonds is 5. The molecular formula is C19H37NO. The van der Waals surface area contributed by atoms with Gasteiger partial charge in [-0.2, -0.15) is 0 Å². The Hall–Kier alpha value is -0.0800. The quantitative estimate of drug-likeness (QED) is 0.788. The van der Waals surface area contributed by atoms with E-state index in [1.165, 1.54) is 38.5 Å². The topological polar surface area (TPSA) is 21.3 Å². The molecule has 0 aromatic carbocycles. The van der Waals surface area contributed by atoms with E-state index in [1.54, 1.807) is 0 Å². The summed E-state index contributed by atoms with van der Waals surface area (Å²) in [5.74, 6) is 1.38. The summed E-state index contributed by atoms with van der Waals surface area (Å²) in [6.07, 6.45) is 8.12. The first-order chi connectivity index (χ1) is 9.62. The van der Waals surface area contributed by atoms with Crippen molar-refractivity contribution in [3.63, 3.8) is 0 Å². The second-order valence-corrected chi connectivity index (χ2v) is 9.21. The summed E-state index contributed by atoms with van der Waals surface area (Å²) in [4.78, 5) is 0. The van der Waals surface area contributed by atoms with E-state index in [2.05, 4.69) is 53.9 Å². The fourth-order valence-electron chi connectivity index (χ4n) is 5.59. The van der Waals surface area contributed by atoms with Gasteiger partial charge in [-0.05, 0) is 71.8 Å². The second kappa shape index (κ2) is 5.85. The first kappa shape index (κ1) is 17.3. The van der Waals surface area contributed by atoms with Crippen molar-refractivity contribution in [3.8, 4) is 0 Å². The van der Waals surface area contributed by atoms with Crippen LogP contribution in [0.25, 0.3) is 0 Å². The van der Waals surface area contributed by atoms with Gasteiger partial charge in [0.25, 0.3) is 0 Å². The SMILES string of the molecule is CNC(C1CC(C)(C)OC1(C)C)C1(CC(C)C)CCCC1. The average molecular weight is 296 g/mol. The molecule has 1 heterocycles. The van der Waals surface area contributed by atoms with Crippen molar-refractivity contribution in [1.29, 1.82) is 0 Å². The van der Waals surface area contributed by atoms with E-state index >= 15 is 0 Å². The third-order valence-electron chi connectivity index (χ3n) is 5.93. The first-order valence-corrected chi connectivity index (χ1v) is 8.99. The number of hydrogen-bond donors (Lipinski definition) is 1. The average Bonchev–Trinajstić information content (AvgIpc) is 2.82. The van der Waals surface area contributed by atoms with Crippen molar-refractivity contribution in [2.45, 2.75) is 97.3 Å². The van der Waals surface area contributed by atoms with Crippen molar-refractivity contribution in [2.75, 3.05) is 7.05 Å². The van der Waals surface area contributed by atoms with Gasteiger partial charge in [-0.1, -0.05) is 26.7 Å². The lowest BCUT2D eigenvalue weighted by atomic mass is 9.64. The number of ether oxygens (including phenoxy) is 1. The van der Waals surface area contributed by atoms with E-state index in [9.17, 15) is 0 Å². The molecular weight excluding hydrogens is 258 g/mol. The summed E-state index contributed by atoms with van der Waals surface area (Å²) in [7, 11) is 2.17. The van der Waals surface area contributed by atoms with Crippen LogP contribution in [0.1, 0.15) is 80.1 Å². The Labute approximate surface area is 132 Å². The van der Waals surface area contributed by atoms with Crippen LogP contribution in [0.2, 0.25) is 0 Å². The van der Waals surface area contributed by atoms with E-state index in [0.717, 1.165) is 5.92 Å². The predicted octanol–water partition coefficient (Wildman–Crippen LogP) is 4.77. The van der Waals surface area contributed by atoms with Gasteiger partial charge in [0.2, 0.25) is 0 Å². The van der Waals surface area contributed by atoms with Crippen LogP contribution in [0.15, 0.2) is 0 Å². The molecule has 2 heteroatoms. The largest absolute Gasteiger partial charge is 0.369 e. The van der Waals surface area contributed by atoms with Crippen LogP contribution >= 0.6 is 0 Å². The van der Waals surface area contributed by atoms with Crippen molar-refractivity contribution in [3.05, 3.63) is 0 Å². The van der Waals surface area contributed by atoms with Crippen LogP contribution in [0, 0.1) is 17.3 Å². The molecule has 1 aliphatic heterocycles. The molecule has 21 heavy (non-hydrogen) atoms. The van der Waals surface area contributed by atoms with E-state index in [1.807, 2.05) is 0 Å². The molecule has 2 rings (SSSR count). The predicted molar refractivity (Wildman–Crippen MR) is 90.6 cm³/mol. The van der Waals surface area contributed by atoms with Gasteiger partial charge in [-0.25, -0.2) is 0 Å². The zero-order valence-electron chi connectivity index (χ0n) is 15.4. The van der Waals surface area contributed by atoms with E-state index < -0.39 is 0 Å². The minimum atomic E-state index is -0.0241. The van der Waals surface area contributed by atoms with Crippen LogP contribution in [-0.4, -0.2) is 24.3 Å². The van der Waals surface area contributed by atoms with Crippen LogP contribution in [0.3, 0.4) is 0 Å². The lowest BCUT2D eigenvalue weighted by molar-refractivity contribution is -0.0836. The van der Waals surface area contributed by atoms with E-state index in [4.69, 9.17) is 4.74 Å². The van der Waals surface area contributed by atoms with Crippen LogP contribution in [0.4, 0.5) is 0 Å². The maximum absolute atomic E-state index is 6.40. The smallest absolute Gasteiger partial charge is 0.0677 e. The molecule has 2 fully saturated rings. The minimum Gasteiger partial charge on any atom is -0.369 e.